The summed E-state index contributed by atoms with van der Waals surface area (Å²) in [6.07, 6.45) is 1.74. The van der Waals surface area contributed by atoms with E-state index in [1.165, 1.54) is 18.9 Å². The van der Waals surface area contributed by atoms with Crippen LogP contribution in [0.1, 0.15) is 18.1 Å². The second kappa shape index (κ2) is 10.5. The molecule has 0 aromatic heterocycles. The van der Waals surface area contributed by atoms with Crippen molar-refractivity contribution in [3.63, 3.8) is 0 Å². The fourth-order valence-corrected chi connectivity index (χ4v) is 4.08. The van der Waals surface area contributed by atoms with Crippen molar-refractivity contribution in [2.75, 3.05) is 20.3 Å². The molecule has 0 atom stereocenters. The van der Waals surface area contributed by atoms with Crippen molar-refractivity contribution in [1.82, 2.24) is 5.32 Å². The molecule has 7 nitrogen and oxygen atoms in total. The van der Waals surface area contributed by atoms with E-state index in [1.54, 1.807) is 25.1 Å². The van der Waals surface area contributed by atoms with Gasteiger partial charge in [-0.3, -0.25) is 4.79 Å². The number of nitrogens with zero attached hydrogens (tertiary/aromatic N) is 1. The van der Waals surface area contributed by atoms with Gasteiger partial charge in [0.15, 0.2) is 23.3 Å². The monoisotopic (exact) mass is 504 g/mol. The number of rotatable bonds is 7. The van der Waals surface area contributed by atoms with E-state index < -0.39 is 5.97 Å². The normalized spacial score (nSPS) is 15.8. The van der Waals surface area contributed by atoms with Gasteiger partial charge in [0, 0.05) is 0 Å². The zero-order valence-electron chi connectivity index (χ0n) is 17.2. The number of esters is 1. The predicted octanol–water partition coefficient (Wildman–Crippen LogP) is 4.60. The van der Waals surface area contributed by atoms with Gasteiger partial charge in [-0.05, 0) is 77.4 Å². The van der Waals surface area contributed by atoms with Crippen LogP contribution < -0.4 is 14.8 Å². The molecule has 0 spiro atoms. The first-order chi connectivity index (χ1) is 14.9. The highest BCUT2D eigenvalue weighted by Crippen LogP contribution is 2.38. The molecule has 1 aliphatic heterocycles. The SMILES string of the molecule is CCOC(=O)COc1c(Br)cc(/C=C2/SC(=Nc3ccc(C)cc3)NC2=O)cc1OC. The zero-order chi connectivity index (χ0) is 22.4. The van der Waals surface area contributed by atoms with Crippen LogP contribution in [0.4, 0.5) is 5.69 Å². The first kappa shape index (κ1) is 22.9. The molecule has 2 aromatic rings. The Bertz CT molecular complexity index is 1050. The lowest BCUT2D eigenvalue weighted by Gasteiger charge is -2.13. The van der Waals surface area contributed by atoms with Crippen LogP contribution in [0.25, 0.3) is 6.08 Å². The minimum Gasteiger partial charge on any atom is -0.493 e. The van der Waals surface area contributed by atoms with Gasteiger partial charge in [0.2, 0.25) is 0 Å². The maximum atomic E-state index is 12.4. The largest absolute Gasteiger partial charge is 0.493 e. The molecule has 31 heavy (non-hydrogen) atoms. The standard InChI is InChI=1S/C22H21BrN2O5S/c1-4-29-19(26)12-30-20-16(23)9-14(10-17(20)28-3)11-18-21(27)25-22(31-18)24-15-7-5-13(2)6-8-15/h5-11H,4,12H2,1-3H3,(H,24,25,27)/b18-11+. The average molecular weight is 505 g/mol. The molecule has 1 saturated heterocycles. The van der Waals surface area contributed by atoms with E-state index in [0.29, 0.717) is 26.0 Å². The van der Waals surface area contributed by atoms with Crippen LogP contribution in [0.5, 0.6) is 11.5 Å². The van der Waals surface area contributed by atoms with Crippen LogP contribution >= 0.6 is 27.7 Å². The van der Waals surface area contributed by atoms with E-state index in [9.17, 15) is 9.59 Å². The van der Waals surface area contributed by atoms with Crippen LogP contribution in [-0.4, -0.2) is 37.4 Å². The number of thioether (sulfide) groups is 1. The number of hydrogen-bond donors (Lipinski definition) is 1. The second-order valence-corrected chi connectivity index (χ2v) is 8.33. The third-order valence-electron chi connectivity index (χ3n) is 4.10. The van der Waals surface area contributed by atoms with E-state index in [1.807, 2.05) is 31.2 Å². The van der Waals surface area contributed by atoms with Crippen LogP contribution in [0.2, 0.25) is 0 Å². The van der Waals surface area contributed by atoms with Crippen molar-refractivity contribution in [2.24, 2.45) is 4.99 Å². The fraction of sp³-hybridized carbons (Fsp3) is 0.227. The Kier molecular flexibility index (Phi) is 7.75. The number of carbonyl (C=O) groups is 2. The molecule has 162 valence electrons. The van der Waals surface area contributed by atoms with Gasteiger partial charge in [0.05, 0.1) is 28.8 Å². The van der Waals surface area contributed by atoms with Gasteiger partial charge in [-0.2, -0.15) is 0 Å². The maximum absolute atomic E-state index is 12.4. The number of halogens is 1. The van der Waals surface area contributed by atoms with Gasteiger partial charge < -0.3 is 19.5 Å². The van der Waals surface area contributed by atoms with E-state index in [4.69, 9.17) is 14.2 Å². The Morgan fingerprint density at radius 1 is 1.26 bits per heavy atom. The Hall–Kier alpha value is -2.78. The molecule has 3 rings (SSSR count). The van der Waals surface area contributed by atoms with Crippen LogP contribution in [0, 0.1) is 6.92 Å². The van der Waals surface area contributed by atoms with Crippen LogP contribution in [0.3, 0.4) is 0 Å². The summed E-state index contributed by atoms with van der Waals surface area (Å²) in [5, 5.41) is 3.29. The summed E-state index contributed by atoms with van der Waals surface area (Å²) >= 11 is 4.69. The Labute approximate surface area is 193 Å². The van der Waals surface area contributed by atoms with Crippen LogP contribution in [-0.2, 0) is 14.3 Å². The van der Waals surface area contributed by atoms with Crippen molar-refractivity contribution in [3.05, 3.63) is 56.9 Å². The molecule has 1 heterocycles. The average Bonchev–Trinajstić information content (AvgIpc) is 3.07. The predicted molar refractivity (Wildman–Crippen MR) is 125 cm³/mol. The number of methoxy groups -OCH3 is 1. The number of aliphatic imine (C=N–C) groups is 1. The molecule has 0 radical (unpaired) electrons. The lowest BCUT2D eigenvalue weighted by atomic mass is 10.2. The lowest BCUT2D eigenvalue weighted by Crippen LogP contribution is -2.19. The number of carbonyl (C=O) groups excluding carboxylic acids is 2. The van der Waals surface area contributed by atoms with Gasteiger partial charge >= 0.3 is 5.97 Å². The van der Waals surface area contributed by atoms with E-state index in [0.717, 1.165) is 16.8 Å². The quantitative estimate of drug-likeness (QED) is 0.438. The number of hydrogen-bond acceptors (Lipinski definition) is 7. The number of amides is 1. The van der Waals surface area contributed by atoms with Crippen molar-refractivity contribution in [3.8, 4) is 11.5 Å². The molecule has 0 saturated carbocycles. The Morgan fingerprint density at radius 2 is 2.00 bits per heavy atom. The smallest absolute Gasteiger partial charge is 0.344 e. The van der Waals surface area contributed by atoms with E-state index in [2.05, 4.69) is 26.2 Å². The minimum atomic E-state index is -0.470. The molecule has 1 amide bonds. The van der Waals surface area contributed by atoms with Crippen molar-refractivity contribution < 1.29 is 23.8 Å². The highest BCUT2D eigenvalue weighted by atomic mass is 79.9. The molecule has 9 heteroatoms. The highest BCUT2D eigenvalue weighted by Gasteiger charge is 2.24. The number of benzene rings is 2. The third-order valence-corrected chi connectivity index (χ3v) is 5.60. The van der Waals surface area contributed by atoms with Gasteiger partial charge in [-0.1, -0.05) is 17.7 Å². The summed E-state index contributed by atoms with van der Waals surface area (Å²) in [5.74, 6) is 0.0981. The minimum absolute atomic E-state index is 0.228. The number of ether oxygens (including phenoxy) is 3. The molecule has 0 unspecified atom stereocenters. The highest BCUT2D eigenvalue weighted by molar-refractivity contribution is 9.10. The summed E-state index contributed by atoms with van der Waals surface area (Å²) in [4.78, 5) is 28.9. The van der Waals surface area contributed by atoms with Crippen molar-refractivity contribution in [2.45, 2.75) is 13.8 Å². The summed E-state index contributed by atoms with van der Waals surface area (Å²) in [6, 6.07) is 11.2. The van der Waals surface area contributed by atoms with Crippen molar-refractivity contribution >= 4 is 56.5 Å². The summed E-state index contributed by atoms with van der Waals surface area (Å²) in [7, 11) is 1.50. The molecular weight excluding hydrogens is 484 g/mol. The summed E-state index contributed by atoms with van der Waals surface area (Å²) < 4.78 is 16.4. The second-order valence-electron chi connectivity index (χ2n) is 6.45. The summed E-state index contributed by atoms with van der Waals surface area (Å²) in [5.41, 5.74) is 2.63. The molecule has 1 fully saturated rings. The molecule has 2 aromatic carbocycles. The Balaban J connectivity index is 1.79. The topological polar surface area (TPSA) is 86.2 Å². The molecule has 1 N–H and O–H groups in total. The molecule has 0 bridgehead atoms. The van der Waals surface area contributed by atoms with E-state index in [-0.39, 0.29) is 19.1 Å². The molecule has 1 aliphatic rings. The maximum Gasteiger partial charge on any atom is 0.344 e. The third kappa shape index (κ3) is 6.11. The van der Waals surface area contributed by atoms with E-state index >= 15 is 0 Å². The van der Waals surface area contributed by atoms with Gasteiger partial charge in [0.25, 0.3) is 5.91 Å². The fourth-order valence-electron chi connectivity index (χ4n) is 2.67. The molecular formula is C22H21BrN2O5S. The van der Waals surface area contributed by atoms with Gasteiger partial charge in [0.1, 0.15) is 0 Å². The van der Waals surface area contributed by atoms with Crippen LogP contribution in [0.15, 0.2) is 50.8 Å². The first-order valence-electron chi connectivity index (χ1n) is 9.41. The van der Waals surface area contributed by atoms with Gasteiger partial charge in [-0.25, -0.2) is 9.79 Å². The number of amidine groups is 1. The number of aryl methyl sites for hydroxylation is 1. The Morgan fingerprint density at radius 3 is 2.68 bits per heavy atom. The van der Waals surface area contributed by atoms with Gasteiger partial charge in [-0.15, -0.1) is 0 Å². The number of nitrogens with one attached hydrogen (secondary N) is 1. The summed E-state index contributed by atoms with van der Waals surface area (Å²) in [6.45, 7) is 3.77. The van der Waals surface area contributed by atoms with Crippen molar-refractivity contribution in [1.29, 1.82) is 0 Å². The lowest BCUT2D eigenvalue weighted by molar-refractivity contribution is -0.145. The molecule has 0 aliphatic carbocycles. The first-order valence-corrected chi connectivity index (χ1v) is 11.0. The zero-order valence-corrected chi connectivity index (χ0v) is 19.6.